The van der Waals surface area contributed by atoms with Gasteiger partial charge in [0.25, 0.3) is 0 Å². The van der Waals surface area contributed by atoms with E-state index in [0.29, 0.717) is 40.2 Å². The van der Waals surface area contributed by atoms with E-state index in [0.717, 1.165) is 25.9 Å². The van der Waals surface area contributed by atoms with Crippen molar-refractivity contribution in [2.45, 2.75) is 25.0 Å². The summed E-state index contributed by atoms with van der Waals surface area (Å²) in [4.78, 5) is 26.0. The number of piperidine rings is 3. The van der Waals surface area contributed by atoms with Crippen molar-refractivity contribution in [3.05, 3.63) is 107 Å². The zero-order valence-corrected chi connectivity index (χ0v) is 19.9. The van der Waals surface area contributed by atoms with Crippen molar-refractivity contribution in [2.24, 2.45) is 5.92 Å². The zero-order chi connectivity index (χ0) is 25.1. The highest BCUT2D eigenvalue weighted by Crippen LogP contribution is 2.35. The van der Waals surface area contributed by atoms with Crippen LogP contribution in [0.5, 0.6) is 0 Å². The molecule has 3 fully saturated rings. The van der Waals surface area contributed by atoms with Gasteiger partial charge in [0.2, 0.25) is 5.78 Å². The minimum atomic E-state index is -0.810. The Kier molecular flexibility index (Phi) is 6.83. The van der Waals surface area contributed by atoms with Crippen LogP contribution in [0.1, 0.15) is 40.4 Å². The largest absolute Gasteiger partial charge is 0.436 e. The number of ketones is 1. The summed E-state index contributed by atoms with van der Waals surface area (Å²) < 4.78 is 33.5. The summed E-state index contributed by atoms with van der Waals surface area (Å²) in [5, 5.41) is 3.04. The molecule has 186 valence electrons. The van der Waals surface area contributed by atoms with Crippen LogP contribution in [0, 0.1) is 17.6 Å². The number of nitrogens with one attached hydrogen (secondary N) is 1. The highest BCUT2D eigenvalue weighted by atomic mass is 19.1. The second-order valence-corrected chi connectivity index (χ2v) is 9.90. The molecule has 3 heterocycles. The van der Waals surface area contributed by atoms with Crippen LogP contribution in [-0.2, 0) is 4.74 Å². The summed E-state index contributed by atoms with van der Waals surface area (Å²) in [6.07, 6.45) is 0.480. The molecule has 3 aromatic rings. The van der Waals surface area contributed by atoms with Crippen molar-refractivity contribution in [1.82, 2.24) is 5.32 Å². The molecule has 1 unspecified atom stereocenters. The molecule has 2 bridgehead atoms. The highest BCUT2D eigenvalue weighted by molar-refractivity contribution is 5.96. The van der Waals surface area contributed by atoms with Gasteiger partial charge in [0.15, 0.2) is 6.10 Å². The van der Waals surface area contributed by atoms with Gasteiger partial charge < -0.3 is 14.5 Å². The number of halogens is 2. The van der Waals surface area contributed by atoms with Gasteiger partial charge in [-0.3, -0.25) is 4.79 Å². The molecule has 0 spiro atoms. The first-order chi connectivity index (χ1) is 17.4. The minimum absolute atomic E-state index is 0.106. The second-order valence-electron chi connectivity index (χ2n) is 9.90. The predicted octanol–water partition coefficient (Wildman–Crippen LogP) is 5.27. The lowest BCUT2D eigenvalue weighted by atomic mass is 9.81. The van der Waals surface area contributed by atoms with Gasteiger partial charge in [0.05, 0.1) is 25.7 Å². The lowest BCUT2D eigenvalue weighted by molar-refractivity contribution is -0.936. The van der Waals surface area contributed by atoms with Crippen molar-refractivity contribution >= 4 is 11.9 Å². The van der Waals surface area contributed by atoms with E-state index in [9.17, 15) is 18.4 Å². The zero-order valence-electron chi connectivity index (χ0n) is 19.9. The summed E-state index contributed by atoms with van der Waals surface area (Å²) in [5.41, 5.74) is 1.89. The Morgan fingerprint density at radius 3 is 1.97 bits per heavy atom. The van der Waals surface area contributed by atoms with E-state index in [-0.39, 0.29) is 11.8 Å². The summed E-state index contributed by atoms with van der Waals surface area (Å²) in [6.45, 7) is 2.93. The molecule has 36 heavy (non-hydrogen) atoms. The van der Waals surface area contributed by atoms with Crippen molar-refractivity contribution in [1.29, 1.82) is 0 Å². The van der Waals surface area contributed by atoms with Crippen molar-refractivity contribution in [2.75, 3.05) is 26.2 Å². The van der Waals surface area contributed by atoms with Crippen molar-refractivity contribution in [3.8, 4) is 0 Å². The highest BCUT2D eigenvalue weighted by Gasteiger charge is 2.47. The number of rotatable bonds is 7. The molecule has 0 aliphatic carbocycles. The third-order valence-corrected chi connectivity index (χ3v) is 7.55. The average Bonchev–Trinajstić information content (AvgIpc) is 2.89. The molecule has 5 nitrogen and oxygen atoms in total. The van der Waals surface area contributed by atoms with Gasteiger partial charge in [-0.2, -0.15) is 0 Å². The Morgan fingerprint density at radius 1 is 0.861 bits per heavy atom. The third kappa shape index (κ3) is 5.31. The molecule has 0 aromatic heterocycles. The third-order valence-electron chi connectivity index (χ3n) is 7.55. The first-order valence-electron chi connectivity index (χ1n) is 12.3. The SMILES string of the molecule is O=C(NC1C[N+]2(CC(=O)c3ccccc3)CCC1CC2)OC(c1ccc(F)cc1)c1ccc(F)cc1. The smallest absolute Gasteiger partial charge is 0.408 e. The number of quaternary nitrogens is 1. The number of nitrogens with zero attached hydrogens (tertiary/aromatic N) is 1. The van der Waals surface area contributed by atoms with E-state index < -0.39 is 23.8 Å². The fraction of sp³-hybridized carbons (Fsp3) is 0.310. The van der Waals surface area contributed by atoms with Gasteiger partial charge in [-0.25, -0.2) is 13.6 Å². The summed E-state index contributed by atoms with van der Waals surface area (Å²) >= 11 is 0. The molecule has 0 radical (unpaired) electrons. The Balaban J connectivity index is 1.29. The van der Waals surface area contributed by atoms with Crippen LogP contribution in [-0.4, -0.2) is 48.6 Å². The molecule has 3 aliphatic rings. The van der Waals surface area contributed by atoms with Crippen LogP contribution in [0.15, 0.2) is 78.9 Å². The number of hydrogen-bond acceptors (Lipinski definition) is 3. The molecule has 3 aliphatic heterocycles. The lowest BCUT2D eigenvalue weighted by Crippen LogP contribution is -2.68. The van der Waals surface area contributed by atoms with E-state index in [1.54, 1.807) is 24.3 Å². The second kappa shape index (κ2) is 10.2. The summed E-state index contributed by atoms with van der Waals surface area (Å²) in [7, 11) is 0. The Morgan fingerprint density at radius 2 is 1.42 bits per heavy atom. The topological polar surface area (TPSA) is 55.4 Å². The maximum absolute atomic E-state index is 13.5. The fourth-order valence-electron chi connectivity index (χ4n) is 5.59. The number of alkyl carbamates (subject to hydrolysis) is 1. The fourth-order valence-corrected chi connectivity index (χ4v) is 5.59. The van der Waals surface area contributed by atoms with E-state index in [4.69, 9.17) is 4.74 Å². The Hall–Kier alpha value is -3.58. The molecule has 1 N–H and O–H groups in total. The summed E-state index contributed by atoms with van der Waals surface area (Å²) in [6, 6.07) is 20.7. The Labute approximate surface area is 209 Å². The van der Waals surface area contributed by atoms with Crippen LogP contribution in [0.25, 0.3) is 0 Å². The predicted molar refractivity (Wildman–Crippen MR) is 131 cm³/mol. The van der Waals surface area contributed by atoms with Gasteiger partial charge in [-0.05, 0) is 41.3 Å². The van der Waals surface area contributed by atoms with E-state index >= 15 is 0 Å². The molecular formula is C29H29F2N2O3+. The number of hydrogen-bond donors (Lipinski definition) is 1. The van der Waals surface area contributed by atoms with Crippen molar-refractivity contribution in [3.63, 3.8) is 0 Å². The Bertz CT molecular complexity index is 1160. The molecule has 0 saturated carbocycles. The molecule has 1 amide bonds. The van der Waals surface area contributed by atoms with Gasteiger partial charge in [0, 0.05) is 18.4 Å². The van der Waals surface area contributed by atoms with Crippen LogP contribution < -0.4 is 5.32 Å². The number of ether oxygens (including phenoxy) is 1. The molecule has 3 saturated heterocycles. The molecule has 6 rings (SSSR count). The first-order valence-corrected chi connectivity index (χ1v) is 12.3. The van der Waals surface area contributed by atoms with Gasteiger partial charge >= 0.3 is 6.09 Å². The molecule has 3 aromatic carbocycles. The maximum Gasteiger partial charge on any atom is 0.408 e. The number of fused-ring (bicyclic) bond motifs is 3. The average molecular weight is 492 g/mol. The quantitative estimate of drug-likeness (QED) is 0.362. The van der Waals surface area contributed by atoms with Crippen LogP contribution >= 0.6 is 0 Å². The maximum atomic E-state index is 13.5. The van der Waals surface area contributed by atoms with E-state index in [1.807, 2.05) is 30.3 Å². The lowest BCUT2D eigenvalue weighted by Gasteiger charge is -2.52. The number of benzene rings is 3. The molecule has 1 atom stereocenters. The monoisotopic (exact) mass is 491 g/mol. The summed E-state index contributed by atoms with van der Waals surface area (Å²) in [5.74, 6) is -0.343. The normalized spacial score (nSPS) is 22.9. The van der Waals surface area contributed by atoms with Crippen molar-refractivity contribution < 1.29 is 27.6 Å². The first kappa shape index (κ1) is 24.1. The van der Waals surface area contributed by atoms with Crippen LogP contribution in [0.3, 0.4) is 0 Å². The van der Waals surface area contributed by atoms with Gasteiger partial charge in [-0.15, -0.1) is 0 Å². The van der Waals surface area contributed by atoms with E-state index in [1.165, 1.54) is 24.3 Å². The van der Waals surface area contributed by atoms with Gasteiger partial charge in [-0.1, -0.05) is 54.6 Å². The van der Waals surface area contributed by atoms with Crippen LogP contribution in [0.2, 0.25) is 0 Å². The molecular weight excluding hydrogens is 462 g/mol. The molecule has 7 heteroatoms. The number of carbonyl (C=O) groups excluding carboxylic acids is 2. The van der Waals surface area contributed by atoms with Crippen LogP contribution in [0.4, 0.5) is 13.6 Å². The minimum Gasteiger partial charge on any atom is -0.436 e. The number of Topliss-reactive ketones (excluding diaryl/α,β-unsaturated/α-hetero) is 1. The van der Waals surface area contributed by atoms with Gasteiger partial charge in [0.1, 0.15) is 18.2 Å². The standard InChI is InChI=1S/C29H28F2N2O3/c30-24-10-6-22(7-11-24)28(23-8-12-25(31)13-9-23)36-29(35)32-26-18-33(16-14-20(26)15-17-33)19-27(34)21-4-2-1-3-5-21/h1-13,20,26,28H,14-19H2/p+1. The number of carbonyl (C=O) groups is 2. The van der Waals surface area contributed by atoms with E-state index in [2.05, 4.69) is 5.32 Å². The number of amides is 1.